The van der Waals surface area contributed by atoms with Gasteiger partial charge in [0.15, 0.2) is 5.82 Å². The van der Waals surface area contributed by atoms with Crippen molar-refractivity contribution in [2.24, 2.45) is 4.99 Å². The molecule has 0 aliphatic carbocycles. The summed E-state index contributed by atoms with van der Waals surface area (Å²) in [5.41, 5.74) is 0. The molecule has 0 unspecified atom stereocenters. The van der Waals surface area contributed by atoms with Gasteiger partial charge in [0.2, 0.25) is 0 Å². The Morgan fingerprint density at radius 2 is 2.44 bits per heavy atom. The van der Waals surface area contributed by atoms with Crippen LogP contribution in [0.4, 0.5) is 5.82 Å². The Labute approximate surface area is 54.3 Å². The van der Waals surface area contributed by atoms with E-state index in [4.69, 9.17) is 0 Å². The second-order valence-electron chi connectivity index (χ2n) is 1.58. The Morgan fingerprint density at radius 3 is 3.00 bits per heavy atom. The molecule has 0 atom stereocenters. The summed E-state index contributed by atoms with van der Waals surface area (Å²) >= 11 is 0. The van der Waals surface area contributed by atoms with Crippen LogP contribution in [0.15, 0.2) is 29.4 Å². The fourth-order valence-corrected chi connectivity index (χ4v) is 0.562. The zero-order valence-corrected chi connectivity index (χ0v) is 5.28. The fourth-order valence-electron chi connectivity index (χ4n) is 0.562. The Kier molecular flexibility index (Phi) is 1.96. The molecular weight excluding hydrogens is 112 g/mol. The summed E-state index contributed by atoms with van der Waals surface area (Å²) in [5, 5.41) is 0. The molecule has 0 N–H and O–H groups in total. The van der Waals surface area contributed by atoms with Crippen LogP contribution in [0.5, 0.6) is 0 Å². The van der Waals surface area contributed by atoms with Crippen molar-refractivity contribution in [2.75, 3.05) is 0 Å². The van der Waals surface area contributed by atoms with Crippen molar-refractivity contribution >= 4 is 12.0 Å². The van der Waals surface area contributed by atoms with E-state index in [0.29, 0.717) is 0 Å². The maximum absolute atomic E-state index is 3.97. The van der Waals surface area contributed by atoms with E-state index in [9.17, 15) is 0 Å². The summed E-state index contributed by atoms with van der Waals surface area (Å²) in [6.45, 7) is 1.87. The van der Waals surface area contributed by atoms with Crippen LogP contribution in [0.25, 0.3) is 0 Å². The van der Waals surface area contributed by atoms with Crippen LogP contribution in [-0.2, 0) is 0 Å². The van der Waals surface area contributed by atoms with Gasteiger partial charge in [-0.25, -0.2) is 9.98 Å². The van der Waals surface area contributed by atoms with E-state index in [2.05, 4.69) is 9.98 Å². The third-order valence-electron chi connectivity index (χ3n) is 0.911. The van der Waals surface area contributed by atoms with Crippen LogP contribution in [0.1, 0.15) is 6.92 Å². The lowest BCUT2D eigenvalue weighted by Gasteiger charge is -1.85. The Balaban J connectivity index is 2.85. The third-order valence-corrected chi connectivity index (χ3v) is 0.911. The predicted octanol–water partition coefficient (Wildman–Crippen LogP) is 1.80. The van der Waals surface area contributed by atoms with Gasteiger partial charge in [0, 0.05) is 12.4 Å². The van der Waals surface area contributed by atoms with Gasteiger partial charge in [-0.1, -0.05) is 6.07 Å². The summed E-state index contributed by atoms with van der Waals surface area (Å²) in [6, 6.07) is 5.64. The molecule has 1 aromatic rings. The highest BCUT2D eigenvalue weighted by Gasteiger charge is 1.80. The minimum absolute atomic E-state index is 0.764. The number of hydrogen-bond acceptors (Lipinski definition) is 2. The van der Waals surface area contributed by atoms with Gasteiger partial charge in [-0.05, 0) is 19.1 Å². The minimum atomic E-state index is 0.764. The van der Waals surface area contributed by atoms with Crippen LogP contribution in [0, 0.1) is 0 Å². The topological polar surface area (TPSA) is 25.2 Å². The molecule has 0 amide bonds. The van der Waals surface area contributed by atoms with Crippen LogP contribution < -0.4 is 0 Å². The van der Waals surface area contributed by atoms with Gasteiger partial charge < -0.3 is 0 Å². The molecule has 0 fully saturated rings. The second-order valence-corrected chi connectivity index (χ2v) is 1.58. The molecular formula is C7H8N2. The minimum Gasteiger partial charge on any atom is -0.242 e. The monoisotopic (exact) mass is 120 g/mol. The molecule has 0 aliphatic heterocycles. The molecule has 0 saturated heterocycles. The van der Waals surface area contributed by atoms with Crippen molar-refractivity contribution in [1.29, 1.82) is 0 Å². The van der Waals surface area contributed by atoms with Gasteiger partial charge in [0.05, 0.1) is 0 Å². The van der Waals surface area contributed by atoms with Gasteiger partial charge >= 0.3 is 0 Å². The predicted molar refractivity (Wildman–Crippen MR) is 38.1 cm³/mol. The van der Waals surface area contributed by atoms with Crippen molar-refractivity contribution in [2.45, 2.75) is 6.92 Å². The highest BCUT2D eigenvalue weighted by molar-refractivity contribution is 5.58. The normalized spacial score (nSPS) is 10.3. The van der Waals surface area contributed by atoms with E-state index in [1.807, 2.05) is 25.1 Å². The number of pyridine rings is 1. The summed E-state index contributed by atoms with van der Waals surface area (Å²) in [4.78, 5) is 7.94. The van der Waals surface area contributed by atoms with Gasteiger partial charge in [0.1, 0.15) is 0 Å². The summed E-state index contributed by atoms with van der Waals surface area (Å²) in [7, 11) is 0. The standard InChI is InChI=1S/C7H8N2/c1-2-8-7-5-3-4-6-9-7/h2-6H,1H3. The van der Waals surface area contributed by atoms with Gasteiger partial charge in [-0.2, -0.15) is 0 Å². The molecule has 0 bridgehead atoms. The Hall–Kier alpha value is -1.18. The first-order chi connectivity index (χ1) is 4.43. The molecule has 0 saturated carbocycles. The highest BCUT2D eigenvalue weighted by Crippen LogP contribution is 2.02. The first-order valence-corrected chi connectivity index (χ1v) is 2.83. The van der Waals surface area contributed by atoms with Crippen molar-refractivity contribution in [3.05, 3.63) is 24.4 Å². The summed E-state index contributed by atoms with van der Waals surface area (Å²) < 4.78 is 0. The first kappa shape index (κ1) is 5.95. The largest absolute Gasteiger partial charge is 0.242 e. The van der Waals surface area contributed by atoms with E-state index in [1.54, 1.807) is 12.4 Å². The Bertz CT molecular complexity index is 191. The molecule has 9 heavy (non-hydrogen) atoms. The molecule has 0 aliphatic rings. The van der Waals surface area contributed by atoms with Crippen LogP contribution in [0.2, 0.25) is 0 Å². The van der Waals surface area contributed by atoms with E-state index in [-0.39, 0.29) is 0 Å². The molecule has 0 radical (unpaired) electrons. The van der Waals surface area contributed by atoms with Crippen molar-refractivity contribution < 1.29 is 0 Å². The van der Waals surface area contributed by atoms with Gasteiger partial charge in [-0.3, -0.25) is 0 Å². The second kappa shape index (κ2) is 2.97. The lowest BCUT2D eigenvalue weighted by Crippen LogP contribution is -1.69. The maximum atomic E-state index is 3.97. The zero-order chi connectivity index (χ0) is 6.53. The van der Waals surface area contributed by atoms with E-state index < -0.39 is 0 Å². The molecule has 1 aromatic heterocycles. The average Bonchev–Trinajstić information content (AvgIpc) is 1.91. The number of rotatable bonds is 1. The summed E-state index contributed by atoms with van der Waals surface area (Å²) in [6.07, 6.45) is 3.45. The maximum Gasteiger partial charge on any atom is 0.151 e. The molecule has 2 heteroatoms. The molecule has 1 heterocycles. The molecule has 46 valence electrons. The average molecular weight is 120 g/mol. The number of aliphatic imine (C=N–C) groups is 1. The van der Waals surface area contributed by atoms with Crippen LogP contribution in [-0.4, -0.2) is 11.2 Å². The fraction of sp³-hybridized carbons (Fsp3) is 0.143. The smallest absolute Gasteiger partial charge is 0.151 e. The number of nitrogens with zero attached hydrogens (tertiary/aromatic N) is 2. The first-order valence-electron chi connectivity index (χ1n) is 2.83. The molecule has 1 rings (SSSR count). The van der Waals surface area contributed by atoms with Crippen LogP contribution in [0.3, 0.4) is 0 Å². The van der Waals surface area contributed by atoms with Gasteiger partial charge in [0.25, 0.3) is 0 Å². The Morgan fingerprint density at radius 1 is 1.56 bits per heavy atom. The van der Waals surface area contributed by atoms with Crippen molar-refractivity contribution in [1.82, 2.24) is 4.98 Å². The van der Waals surface area contributed by atoms with Crippen molar-refractivity contribution in [3.8, 4) is 0 Å². The van der Waals surface area contributed by atoms with E-state index in [0.717, 1.165) is 5.82 Å². The zero-order valence-electron chi connectivity index (χ0n) is 5.28. The lowest BCUT2D eigenvalue weighted by atomic mass is 10.5. The summed E-state index contributed by atoms with van der Waals surface area (Å²) in [5.74, 6) is 0.764. The SMILES string of the molecule is CC=Nc1ccccn1. The number of aromatic nitrogens is 1. The number of hydrogen-bond donors (Lipinski definition) is 0. The molecule has 0 spiro atoms. The quantitative estimate of drug-likeness (QED) is 0.519. The van der Waals surface area contributed by atoms with Gasteiger partial charge in [-0.15, -0.1) is 0 Å². The van der Waals surface area contributed by atoms with Crippen LogP contribution >= 0.6 is 0 Å². The van der Waals surface area contributed by atoms with Crippen molar-refractivity contribution in [3.63, 3.8) is 0 Å². The lowest BCUT2D eigenvalue weighted by molar-refractivity contribution is 1.28. The van der Waals surface area contributed by atoms with E-state index >= 15 is 0 Å². The third kappa shape index (κ3) is 1.64. The molecule has 2 nitrogen and oxygen atoms in total. The molecule has 0 aromatic carbocycles. The van der Waals surface area contributed by atoms with E-state index in [1.165, 1.54) is 0 Å². The highest BCUT2D eigenvalue weighted by atomic mass is 14.9.